The standard InChI is InChI=1S/C31H62/c1-3-5-7-9-11-13-15-17-19-21-23-25-27-29-31-30-28-26-24-22-20-18-16-14-12-10-8-6-4-2/h5,7H,3-4,6,8-31H2,1-2H3. The summed E-state index contributed by atoms with van der Waals surface area (Å²) in [7, 11) is 0. The molecule has 186 valence electrons. The van der Waals surface area contributed by atoms with Crippen molar-refractivity contribution in [3.8, 4) is 0 Å². The minimum atomic E-state index is 1.19. The van der Waals surface area contributed by atoms with Crippen LogP contribution in [-0.2, 0) is 0 Å². The maximum atomic E-state index is 2.36. The van der Waals surface area contributed by atoms with Gasteiger partial charge in [-0.2, -0.15) is 0 Å². The molecular formula is C31H62. The van der Waals surface area contributed by atoms with Gasteiger partial charge in [0.25, 0.3) is 0 Å². The highest BCUT2D eigenvalue weighted by atomic mass is 14.0. The van der Waals surface area contributed by atoms with Crippen LogP contribution in [0.25, 0.3) is 0 Å². The van der Waals surface area contributed by atoms with Crippen molar-refractivity contribution in [3.63, 3.8) is 0 Å². The van der Waals surface area contributed by atoms with Gasteiger partial charge in [0.05, 0.1) is 0 Å². The molecule has 0 saturated heterocycles. The zero-order valence-corrected chi connectivity index (χ0v) is 22.2. The number of rotatable bonds is 27. The molecule has 0 heterocycles. The van der Waals surface area contributed by atoms with Gasteiger partial charge in [-0.15, -0.1) is 0 Å². The minimum Gasteiger partial charge on any atom is -0.0888 e. The first-order chi connectivity index (χ1) is 15.4. The highest BCUT2D eigenvalue weighted by Gasteiger charge is 1.96. The first kappa shape index (κ1) is 30.7. The van der Waals surface area contributed by atoms with Crippen LogP contribution in [0.3, 0.4) is 0 Å². The Bertz CT molecular complexity index is 316. The molecule has 0 amide bonds. The van der Waals surface area contributed by atoms with E-state index in [1.807, 2.05) is 0 Å². The van der Waals surface area contributed by atoms with Gasteiger partial charge in [0.15, 0.2) is 0 Å². The molecule has 0 fully saturated rings. The lowest BCUT2D eigenvalue weighted by Gasteiger charge is -2.04. The molecule has 0 rings (SSSR count). The smallest absolute Gasteiger partial charge is 0.0351 e. The van der Waals surface area contributed by atoms with E-state index in [0.717, 1.165) is 0 Å². The monoisotopic (exact) mass is 434 g/mol. The van der Waals surface area contributed by atoms with Crippen molar-refractivity contribution in [2.75, 3.05) is 0 Å². The fourth-order valence-corrected chi connectivity index (χ4v) is 4.69. The fraction of sp³-hybridized carbons (Fsp3) is 0.935. The van der Waals surface area contributed by atoms with Crippen molar-refractivity contribution in [1.82, 2.24) is 0 Å². The lowest BCUT2D eigenvalue weighted by molar-refractivity contribution is 0.516. The Morgan fingerprint density at radius 1 is 0.290 bits per heavy atom. The second-order valence-corrected chi connectivity index (χ2v) is 10.2. The van der Waals surface area contributed by atoms with Crippen LogP contribution in [0, 0.1) is 0 Å². The van der Waals surface area contributed by atoms with Crippen molar-refractivity contribution < 1.29 is 0 Å². The van der Waals surface area contributed by atoms with Crippen molar-refractivity contribution in [1.29, 1.82) is 0 Å². The van der Waals surface area contributed by atoms with Crippen LogP contribution >= 0.6 is 0 Å². The van der Waals surface area contributed by atoms with Gasteiger partial charge in [0, 0.05) is 0 Å². The summed E-state index contributed by atoms with van der Waals surface area (Å²) in [6.45, 7) is 4.52. The molecule has 0 radical (unpaired) electrons. The van der Waals surface area contributed by atoms with Crippen molar-refractivity contribution in [3.05, 3.63) is 12.2 Å². The van der Waals surface area contributed by atoms with E-state index in [2.05, 4.69) is 26.0 Å². The molecule has 0 bridgehead atoms. The Kier molecular flexibility index (Phi) is 29.5. The SMILES string of the molecule is CCC=CCCCCCCCCCCCCCCCCCCCCCCCCCCC. The molecule has 0 aliphatic heterocycles. The van der Waals surface area contributed by atoms with Gasteiger partial charge < -0.3 is 0 Å². The average molecular weight is 435 g/mol. The lowest BCUT2D eigenvalue weighted by atomic mass is 10.0. The Hall–Kier alpha value is -0.260. The second kappa shape index (κ2) is 29.7. The summed E-state index contributed by atoms with van der Waals surface area (Å²) in [4.78, 5) is 0. The normalized spacial score (nSPS) is 11.7. The zero-order chi connectivity index (χ0) is 22.5. The summed E-state index contributed by atoms with van der Waals surface area (Å²) in [5, 5.41) is 0. The molecule has 0 unspecified atom stereocenters. The van der Waals surface area contributed by atoms with E-state index in [-0.39, 0.29) is 0 Å². The van der Waals surface area contributed by atoms with E-state index in [1.54, 1.807) is 0 Å². The van der Waals surface area contributed by atoms with Crippen LogP contribution in [0.5, 0.6) is 0 Å². The number of hydrogen-bond acceptors (Lipinski definition) is 0. The molecule has 0 spiro atoms. The summed E-state index contributed by atoms with van der Waals surface area (Å²) in [6.07, 6.45) is 44.0. The largest absolute Gasteiger partial charge is 0.0888 e. The van der Waals surface area contributed by atoms with Crippen LogP contribution in [-0.4, -0.2) is 0 Å². The van der Waals surface area contributed by atoms with Crippen molar-refractivity contribution in [2.24, 2.45) is 0 Å². The molecule has 0 aromatic carbocycles. The fourth-order valence-electron chi connectivity index (χ4n) is 4.69. The van der Waals surface area contributed by atoms with Crippen LogP contribution in [0.2, 0.25) is 0 Å². The van der Waals surface area contributed by atoms with Gasteiger partial charge in [-0.25, -0.2) is 0 Å². The van der Waals surface area contributed by atoms with Crippen LogP contribution in [0.4, 0.5) is 0 Å². The Labute approximate surface area is 199 Å². The highest BCUT2D eigenvalue weighted by Crippen LogP contribution is 2.16. The van der Waals surface area contributed by atoms with Crippen LogP contribution in [0.15, 0.2) is 12.2 Å². The van der Waals surface area contributed by atoms with Crippen LogP contribution < -0.4 is 0 Å². The number of allylic oxidation sites excluding steroid dienone is 2. The Morgan fingerprint density at radius 3 is 0.806 bits per heavy atom. The lowest BCUT2D eigenvalue weighted by Crippen LogP contribution is -1.84. The maximum Gasteiger partial charge on any atom is -0.0351 e. The predicted octanol–water partition coefficient (Wildman–Crippen LogP) is 12.1. The van der Waals surface area contributed by atoms with Gasteiger partial charge in [0.1, 0.15) is 0 Å². The maximum absolute atomic E-state index is 2.36. The Morgan fingerprint density at radius 2 is 0.548 bits per heavy atom. The highest BCUT2D eigenvalue weighted by molar-refractivity contribution is 4.79. The van der Waals surface area contributed by atoms with Gasteiger partial charge in [-0.3, -0.25) is 0 Å². The van der Waals surface area contributed by atoms with Gasteiger partial charge in [-0.05, 0) is 19.3 Å². The first-order valence-corrected chi connectivity index (χ1v) is 15.1. The van der Waals surface area contributed by atoms with E-state index < -0.39 is 0 Å². The summed E-state index contributed by atoms with van der Waals surface area (Å²) in [5.74, 6) is 0. The van der Waals surface area contributed by atoms with E-state index in [4.69, 9.17) is 0 Å². The number of hydrogen-bond donors (Lipinski definition) is 0. The third-order valence-electron chi connectivity index (χ3n) is 6.88. The molecular weight excluding hydrogens is 372 g/mol. The molecule has 0 aliphatic carbocycles. The zero-order valence-electron chi connectivity index (χ0n) is 22.2. The van der Waals surface area contributed by atoms with Crippen molar-refractivity contribution in [2.45, 2.75) is 187 Å². The third kappa shape index (κ3) is 29.7. The van der Waals surface area contributed by atoms with Gasteiger partial charge in [0.2, 0.25) is 0 Å². The van der Waals surface area contributed by atoms with E-state index in [0.29, 0.717) is 0 Å². The Balaban J connectivity index is 3.00. The van der Waals surface area contributed by atoms with E-state index >= 15 is 0 Å². The summed E-state index contributed by atoms with van der Waals surface area (Å²) < 4.78 is 0. The first-order valence-electron chi connectivity index (χ1n) is 15.1. The summed E-state index contributed by atoms with van der Waals surface area (Å²) >= 11 is 0. The quantitative estimate of drug-likeness (QED) is 0.0890. The molecule has 31 heavy (non-hydrogen) atoms. The predicted molar refractivity (Wildman–Crippen MR) is 145 cm³/mol. The molecule has 0 heteroatoms. The third-order valence-corrected chi connectivity index (χ3v) is 6.88. The molecule has 0 aliphatic rings. The van der Waals surface area contributed by atoms with E-state index in [1.165, 1.54) is 173 Å². The molecule has 0 saturated carbocycles. The number of unbranched alkanes of at least 4 members (excludes halogenated alkanes) is 25. The van der Waals surface area contributed by atoms with Crippen molar-refractivity contribution >= 4 is 0 Å². The average Bonchev–Trinajstić information content (AvgIpc) is 2.78. The summed E-state index contributed by atoms with van der Waals surface area (Å²) in [5.41, 5.74) is 0. The molecule has 0 aromatic heterocycles. The molecule has 0 N–H and O–H groups in total. The summed E-state index contributed by atoms with van der Waals surface area (Å²) in [6, 6.07) is 0. The molecule has 0 aromatic rings. The molecule has 0 nitrogen and oxygen atoms in total. The topological polar surface area (TPSA) is 0 Å². The van der Waals surface area contributed by atoms with E-state index in [9.17, 15) is 0 Å². The van der Waals surface area contributed by atoms with Gasteiger partial charge >= 0.3 is 0 Å². The van der Waals surface area contributed by atoms with Crippen LogP contribution in [0.1, 0.15) is 187 Å². The second-order valence-electron chi connectivity index (χ2n) is 10.2. The molecule has 0 atom stereocenters. The minimum absolute atomic E-state index is 1.19. The van der Waals surface area contributed by atoms with Gasteiger partial charge in [-0.1, -0.05) is 180 Å².